The van der Waals surface area contributed by atoms with Crippen LogP contribution >= 0.6 is 0 Å². The van der Waals surface area contributed by atoms with E-state index in [2.05, 4.69) is 11.4 Å². The average molecular weight is 389 g/mol. The normalized spacial score (nSPS) is 18.9. The summed E-state index contributed by atoms with van der Waals surface area (Å²) >= 11 is 0. The summed E-state index contributed by atoms with van der Waals surface area (Å²) in [6.45, 7) is 0. The lowest BCUT2D eigenvalue weighted by Gasteiger charge is -2.27. The quantitative estimate of drug-likeness (QED) is 0.607. The number of carbonyl (C=O) groups is 2. The minimum absolute atomic E-state index is 0.222. The molecule has 0 aromatic heterocycles. The number of carbonyl (C=O) groups excluding carboxylic acids is 1. The number of carboxylic acids is 1. The van der Waals surface area contributed by atoms with Gasteiger partial charge < -0.3 is 15.2 Å². The highest BCUT2D eigenvalue weighted by atomic mass is 16.5. The van der Waals surface area contributed by atoms with Crippen LogP contribution < -0.4 is 10.1 Å². The van der Waals surface area contributed by atoms with E-state index in [1.165, 1.54) is 0 Å². The van der Waals surface area contributed by atoms with Crippen LogP contribution in [0.5, 0.6) is 11.5 Å². The molecule has 1 aliphatic carbocycles. The molecule has 29 heavy (non-hydrogen) atoms. The third-order valence-electron chi connectivity index (χ3n) is 5.50. The van der Waals surface area contributed by atoms with Gasteiger partial charge in [-0.15, -0.1) is 0 Å². The van der Waals surface area contributed by atoms with E-state index in [1.54, 1.807) is 24.3 Å². The van der Waals surface area contributed by atoms with Crippen molar-refractivity contribution >= 4 is 28.3 Å². The van der Waals surface area contributed by atoms with E-state index in [4.69, 9.17) is 4.74 Å². The molecule has 5 nitrogen and oxygen atoms in total. The molecule has 3 aromatic carbocycles. The number of carboxylic acid groups (broad SMARTS) is 1. The zero-order valence-electron chi connectivity index (χ0n) is 16.0. The van der Waals surface area contributed by atoms with Gasteiger partial charge in [0.2, 0.25) is 5.91 Å². The van der Waals surface area contributed by atoms with Crippen LogP contribution in [0.2, 0.25) is 0 Å². The second-order valence-electron chi connectivity index (χ2n) is 7.46. The first-order valence-electron chi connectivity index (χ1n) is 9.90. The van der Waals surface area contributed by atoms with Crippen LogP contribution in [0, 0.1) is 11.8 Å². The average Bonchev–Trinajstić information content (AvgIpc) is 2.75. The zero-order chi connectivity index (χ0) is 20.2. The molecule has 2 N–H and O–H groups in total. The maximum absolute atomic E-state index is 12.6. The molecule has 0 aliphatic heterocycles. The molecule has 5 heteroatoms. The first-order chi connectivity index (χ1) is 14.1. The molecule has 4 rings (SSSR count). The molecule has 1 saturated carbocycles. The molecule has 1 fully saturated rings. The van der Waals surface area contributed by atoms with E-state index >= 15 is 0 Å². The van der Waals surface area contributed by atoms with Gasteiger partial charge in [0.05, 0.1) is 11.8 Å². The highest BCUT2D eigenvalue weighted by molar-refractivity contribution is 5.95. The van der Waals surface area contributed by atoms with Crippen molar-refractivity contribution in [3.05, 3.63) is 66.7 Å². The van der Waals surface area contributed by atoms with Gasteiger partial charge >= 0.3 is 5.97 Å². The third kappa shape index (κ3) is 4.40. The highest BCUT2D eigenvalue weighted by Crippen LogP contribution is 2.32. The van der Waals surface area contributed by atoms with E-state index in [1.807, 2.05) is 36.4 Å². The summed E-state index contributed by atoms with van der Waals surface area (Å²) in [5.74, 6) is -0.773. The highest BCUT2D eigenvalue weighted by Gasteiger charge is 2.35. The Kier molecular flexibility index (Phi) is 5.47. The van der Waals surface area contributed by atoms with E-state index in [-0.39, 0.29) is 5.91 Å². The topological polar surface area (TPSA) is 75.6 Å². The van der Waals surface area contributed by atoms with E-state index in [9.17, 15) is 14.7 Å². The van der Waals surface area contributed by atoms with Gasteiger partial charge in [0.25, 0.3) is 0 Å². The second kappa shape index (κ2) is 8.35. The summed E-state index contributed by atoms with van der Waals surface area (Å²) in [4.78, 5) is 24.0. The number of ether oxygens (including phenoxy) is 1. The Hall–Kier alpha value is -3.34. The smallest absolute Gasteiger partial charge is 0.307 e. The monoisotopic (exact) mass is 389 g/mol. The van der Waals surface area contributed by atoms with Gasteiger partial charge in [0, 0.05) is 5.69 Å². The Morgan fingerprint density at radius 1 is 0.828 bits per heavy atom. The van der Waals surface area contributed by atoms with Crippen molar-refractivity contribution in [2.75, 3.05) is 5.32 Å². The first-order valence-corrected chi connectivity index (χ1v) is 9.90. The van der Waals surface area contributed by atoms with E-state index in [0.717, 1.165) is 29.4 Å². The maximum Gasteiger partial charge on any atom is 0.307 e. The van der Waals surface area contributed by atoms with Crippen molar-refractivity contribution in [1.82, 2.24) is 0 Å². The Morgan fingerprint density at radius 2 is 1.48 bits per heavy atom. The molecular weight excluding hydrogens is 366 g/mol. The summed E-state index contributed by atoms with van der Waals surface area (Å²) in [6, 6.07) is 21.1. The summed E-state index contributed by atoms with van der Waals surface area (Å²) < 4.78 is 5.92. The van der Waals surface area contributed by atoms with Crippen molar-refractivity contribution in [3.8, 4) is 11.5 Å². The van der Waals surface area contributed by atoms with Crippen LogP contribution in [0.15, 0.2) is 66.7 Å². The Balaban J connectivity index is 1.42. The van der Waals surface area contributed by atoms with Gasteiger partial charge in [0.1, 0.15) is 11.5 Å². The molecule has 3 aromatic rings. The number of nitrogens with one attached hydrogen (secondary N) is 1. The molecule has 0 heterocycles. The lowest BCUT2D eigenvalue weighted by atomic mass is 9.78. The predicted octanol–water partition coefficient (Wildman–Crippen LogP) is 5.46. The minimum Gasteiger partial charge on any atom is -0.481 e. The summed E-state index contributed by atoms with van der Waals surface area (Å²) in [5, 5.41) is 14.5. The van der Waals surface area contributed by atoms with Crippen molar-refractivity contribution < 1.29 is 19.4 Å². The van der Waals surface area contributed by atoms with Gasteiger partial charge in [-0.1, -0.05) is 43.2 Å². The van der Waals surface area contributed by atoms with Crippen molar-refractivity contribution in [2.24, 2.45) is 11.8 Å². The third-order valence-corrected chi connectivity index (χ3v) is 5.50. The van der Waals surface area contributed by atoms with Gasteiger partial charge in [-0.05, 0) is 60.0 Å². The van der Waals surface area contributed by atoms with Gasteiger partial charge in [0.15, 0.2) is 0 Å². The minimum atomic E-state index is -0.885. The Bertz CT molecular complexity index is 1030. The maximum atomic E-state index is 12.6. The molecule has 1 amide bonds. The van der Waals surface area contributed by atoms with Crippen molar-refractivity contribution in [2.45, 2.75) is 25.7 Å². The number of hydrogen-bond acceptors (Lipinski definition) is 3. The second-order valence-corrected chi connectivity index (χ2v) is 7.46. The fourth-order valence-electron chi connectivity index (χ4n) is 3.95. The van der Waals surface area contributed by atoms with Gasteiger partial charge in [-0.25, -0.2) is 0 Å². The molecule has 0 spiro atoms. The van der Waals surface area contributed by atoms with Gasteiger partial charge in [-0.3, -0.25) is 9.59 Å². The number of fused-ring (bicyclic) bond motifs is 1. The lowest BCUT2D eigenvalue weighted by Crippen LogP contribution is -2.36. The Labute approximate surface area is 169 Å². The molecule has 2 atom stereocenters. The van der Waals surface area contributed by atoms with Crippen molar-refractivity contribution in [1.29, 1.82) is 0 Å². The largest absolute Gasteiger partial charge is 0.481 e. The van der Waals surface area contributed by atoms with Crippen LogP contribution in [0.3, 0.4) is 0 Å². The summed E-state index contributed by atoms with van der Waals surface area (Å²) in [6.07, 6.45) is 2.93. The first kappa shape index (κ1) is 19.0. The fourth-order valence-corrected chi connectivity index (χ4v) is 3.95. The molecule has 0 saturated heterocycles. The zero-order valence-corrected chi connectivity index (χ0v) is 16.0. The van der Waals surface area contributed by atoms with Crippen molar-refractivity contribution in [3.63, 3.8) is 0 Å². The summed E-state index contributed by atoms with van der Waals surface area (Å²) in [5.41, 5.74) is 0.635. The van der Waals surface area contributed by atoms with Crippen LogP contribution in [0.25, 0.3) is 10.8 Å². The van der Waals surface area contributed by atoms with Gasteiger partial charge in [-0.2, -0.15) is 0 Å². The molecule has 148 valence electrons. The van der Waals surface area contributed by atoms with Crippen LogP contribution in [0.1, 0.15) is 25.7 Å². The number of hydrogen-bond donors (Lipinski definition) is 2. The van der Waals surface area contributed by atoms with Crippen LogP contribution in [0.4, 0.5) is 5.69 Å². The van der Waals surface area contributed by atoms with Crippen LogP contribution in [-0.2, 0) is 9.59 Å². The number of aliphatic carboxylic acids is 1. The number of anilines is 1. The number of amides is 1. The number of benzene rings is 3. The van der Waals surface area contributed by atoms with E-state index < -0.39 is 17.8 Å². The number of rotatable bonds is 5. The molecule has 0 radical (unpaired) electrons. The molecular formula is C24H23NO4. The Morgan fingerprint density at radius 3 is 2.21 bits per heavy atom. The SMILES string of the molecule is O=C(O)C1CCCCC1C(=O)Nc1ccc(Oc2ccc3ccccc3c2)cc1. The summed E-state index contributed by atoms with van der Waals surface area (Å²) in [7, 11) is 0. The fraction of sp³-hybridized carbons (Fsp3) is 0.250. The van der Waals surface area contributed by atoms with Crippen LogP contribution in [-0.4, -0.2) is 17.0 Å². The predicted molar refractivity (Wildman–Crippen MR) is 112 cm³/mol. The molecule has 1 aliphatic rings. The van der Waals surface area contributed by atoms with E-state index in [0.29, 0.717) is 24.3 Å². The molecule has 0 bridgehead atoms. The standard InChI is InChI=1S/C24H23NO4/c26-23(21-7-3-4-8-22(21)24(27)28)25-18-10-13-19(14-11-18)29-20-12-9-16-5-1-2-6-17(16)15-20/h1-2,5-6,9-15,21-22H,3-4,7-8H2,(H,25,26)(H,27,28). The lowest BCUT2D eigenvalue weighted by molar-refractivity contribution is -0.147. The molecule has 2 unspecified atom stereocenters.